The van der Waals surface area contributed by atoms with Crippen molar-refractivity contribution in [3.63, 3.8) is 0 Å². The van der Waals surface area contributed by atoms with Crippen LogP contribution in [0.4, 0.5) is 0 Å². The zero-order valence-corrected chi connectivity index (χ0v) is 9.50. The topological polar surface area (TPSA) is 64.8 Å². The van der Waals surface area contributed by atoms with E-state index in [1.807, 2.05) is 0 Å². The number of nitrogens with one attached hydrogen (secondary N) is 1. The molecule has 0 aromatic heterocycles. The summed E-state index contributed by atoms with van der Waals surface area (Å²) in [5, 5.41) is 22.0. The number of aliphatic imine (C=N–C) groups is 1. The van der Waals surface area contributed by atoms with Crippen molar-refractivity contribution in [1.82, 2.24) is 5.32 Å². The number of nitrogens with zero attached hydrogens (tertiary/aromatic N) is 1. The summed E-state index contributed by atoms with van der Waals surface area (Å²) in [5.74, 6) is 0.189. The lowest BCUT2D eigenvalue weighted by atomic mass is 10.2. The summed E-state index contributed by atoms with van der Waals surface area (Å²) in [6, 6.07) is 4.90. The first-order chi connectivity index (χ1) is 7.56. The molecule has 1 aliphatic rings. The lowest BCUT2D eigenvalue weighted by molar-refractivity contribution is 0.220. The van der Waals surface area contributed by atoms with E-state index in [1.54, 1.807) is 18.2 Å². The number of amidine groups is 1. The smallest absolute Gasteiger partial charge is 0.190 e. The van der Waals surface area contributed by atoms with Crippen LogP contribution >= 0.6 is 23.2 Å². The van der Waals surface area contributed by atoms with Gasteiger partial charge in [0.25, 0.3) is 0 Å². The molecule has 0 spiro atoms. The minimum absolute atomic E-state index is 0.149. The molecular weight excluding hydrogens is 251 g/mol. The molecule has 0 amide bonds. The van der Waals surface area contributed by atoms with E-state index >= 15 is 0 Å². The summed E-state index contributed by atoms with van der Waals surface area (Å²) < 4.78 is 0. The lowest BCUT2D eigenvalue weighted by Crippen LogP contribution is -2.30. The maximum atomic E-state index is 9.31. The average molecular weight is 259 g/mol. The molecule has 0 bridgehead atoms. The van der Waals surface area contributed by atoms with Gasteiger partial charge in [-0.3, -0.25) is 0 Å². The number of hydrogen-bond acceptors (Lipinski definition) is 4. The molecule has 6 heteroatoms. The summed E-state index contributed by atoms with van der Waals surface area (Å²) in [5.41, 5.74) is 0.633. The molecule has 1 aromatic rings. The van der Waals surface area contributed by atoms with Crippen LogP contribution in [0.5, 0.6) is 0 Å². The Hall–Kier alpha value is -1.23. The van der Waals surface area contributed by atoms with Gasteiger partial charge >= 0.3 is 0 Å². The van der Waals surface area contributed by atoms with Gasteiger partial charge < -0.3 is 15.5 Å². The number of hydrogen-bond donors (Lipinski definition) is 3. The van der Waals surface area contributed by atoms with Crippen molar-refractivity contribution in [3.05, 3.63) is 45.8 Å². The number of rotatable bonds is 1. The molecule has 0 aliphatic carbocycles. The fourth-order valence-corrected chi connectivity index (χ4v) is 1.59. The van der Waals surface area contributed by atoms with Gasteiger partial charge in [-0.25, -0.2) is 4.99 Å². The SMILES string of the molecule is OC1=CC(O)N=C(c2ccc(Cl)c(Cl)c2)N1. The second kappa shape index (κ2) is 4.33. The molecule has 1 aromatic carbocycles. The van der Waals surface area contributed by atoms with Crippen LogP contribution in [0.3, 0.4) is 0 Å². The summed E-state index contributed by atoms with van der Waals surface area (Å²) >= 11 is 11.6. The Morgan fingerprint density at radius 2 is 2.00 bits per heavy atom. The molecule has 0 fully saturated rings. The van der Waals surface area contributed by atoms with Gasteiger partial charge in [-0.1, -0.05) is 23.2 Å². The molecule has 1 atom stereocenters. The maximum absolute atomic E-state index is 9.31. The third kappa shape index (κ3) is 2.29. The van der Waals surface area contributed by atoms with Crippen molar-refractivity contribution in [1.29, 1.82) is 0 Å². The van der Waals surface area contributed by atoms with E-state index in [-0.39, 0.29) is 5.88 Å². The van der Waals surface area contributed by atoms with Crippen LogP contribution in [0.15, 0.2) is 35.2 Å². The standard InChI is InChI=1S/C10H8Cl2N2O2/c11-6-2-1-5(3-7(6)12)10-13-8(15)4-9(16)14-10/h1-4,8,15-16H,(H,13,14). The zero-order valence-electron chi connectivity index (χ0n) is 7.98. The third-order valence-electron chi connectivity index (χ3n) is 2.01. The highest BCUT2D eigenvalue weighted by Gasteiger charge is 2.14. The average Bonchev–Trinajstić information content (AvgIpc) is 2.20. The molecule has 0 saturated carbocycles. The van der Waals surface area contributed by atoms with Gasteiger partial charge in [0.15, 0.2) is 12.1 Å². The molecule has 4 nitrogen and oxygen atoms in total. The van der Waals surface area contributed by atoms with E-state index in [4.69, 9.17) is 23.2 Å². The van der Waals surface area contributed by atoms with Gasteiger partial charge in [-0.15, -0.1) is 0 Å². The van der Waals surface area contributed by atoms with Crippen LogP contribution in [0.25, 0.3) is 0 Å². The van der Waals surface area contributed by atoms with E-state index in [9.17, 15) is 10.2 Å². The summed E-state index contributed by atoms with van der Waals surface area (Å²) in [4.78, 5) is 3.90. The maximum Gasteiger partial charge on any atom is 0.190 e. The lowest BCUT2D eigenvalue weighted by Gasteiger charge is -2.16. The van der Waals surface area contributed by atoms with Crippen molar-refractivity contribution in [2.24, 2.45) is 4.99 Å². The minimum Gasteiger partial charge on any atom is -0.495 e. The number of aliphatic hydroxyl groups excluding tert-OH is 2. The number of benzene rings is 1. The van der Waals surface area contributed by atoms with E-state index in [1.165, 1.54) is 6.08 Å². The molecule has 0 radical (unpaired) electrons. The van der Waals surface area contributed by atoms with Crippen LogP contribution in [-0.2, 0) is 0 Å². The molecule has 0 saturated heterocycles. The van der Waals surface area contributed by atoms with E-state index in [2.05, 4.69) is 10.3 Å². The largest absolute Gasteiger partial charge is 0.495 e. The normalized spacial score (nSPS) is 19.8. The Morgan fingerprint density at radius 3 is 2.62 bits per heavy atom. The molecule has 1 unspecified atom stereocenters. The van der Waals surface area contributed by atoms with Crippen molar-refractivity contribution < 1.29 is 10.2 Å². The number of halogens is 2. The Kier molecular flexibility index (Phi) is 3.05. The van der Waals surface area contributed by atoms with Crippen LogP contribution in [0.1, 0.15) is 5.56 Å². The van der Waals surface area contributed by atoms with Crippen molar-refractivity contribution in [3.8, 4) is 0 Å². The third-order valence-corrected chi connectivity index (χ3v) is 2.75. The van der Waals surface area contributed by atoms with E-state index < -0.39 is 6.23 Å². The van der Waals surface area contributed by atoms with Gasteiger partial charge in [-0.2, -0.15) is 0 Å². The molecular formula is C10H8Cl2N2O2. The van der Waals surface area contributed by atoms with Gasteiger partial charge in [-0.05, 0) is 18.2 Å². The molecule has 2 rings (SSSR count). The fraction of sp³-hybridized carbons (Fsp3) is 0.100. The summed E-state index contributed by atoms with van der Waals surface area (Å²) in [6.07, 6.45) is 0.117. The Morgan fingerprint density at radius 1 is 1.25 bits per heavy atom. The molecule has 3 N–H and O–H groups in total. The predicted molar refractivity (Wildman–Crippen MR) is 62.9 cm³/mol. The van der Waals surface area contributed by atoms with Gasteiger partial charge in [0.1, 0.15) is 5.84 Å². The van der Waals surface area contributed by atoms with Crippen molar-refractivity contribution in [2.75, 3.05) is 0 Å². The van der Waals surface area contributed by atoms with Crippen molar-refractivity contribution >= 4 is 29.0 Å². The highest BCUT2D eigenvalue weighted by molar-refractivity contribution is 6.42. The van der Waals surface area contributed by atoms with Crippen LogP contribution in [0, 0.1) is 0 Å². The summed E-state index contributed by atoms with van der Waals surface area (Å²) in [6.45, 7) is 0. The molecule has 1 heterocycles. The Labute approximate surface area is 102 Å². The fourth-order valence-electron chi connectivity index (χ4n) is 1.30. The number of aliphatic hydroxyl groups is 2. The van der Waals surface area contributed by atoms with Crippen molar-refractivity contribution in [2.45, 2.75) is 6.23 Å². The first-order valence-corrected chi connectivity index (χ1v) is 5.21. The van der Waals surface area contributed by atoms with Crippen LogP contribution < -0.4 is 5.32 Å². The van der Waals surface area contributed by atoms with Gasteiger partial charge in [0, 0.05) is 11.6 Å². The molecule has 16 heavy (non-hydrogen) atoms. The quantitative estimate of drug-likeness (QED) is 0.723. The second-order valence-electron chi connectivity index (χ2n) is 3.20. The molecule has 1 aliphatic heterocycles. The van der Waals surface area contributed by atoms with Crippen LogP contribution in [0.2, 0.25) is 10.0 Å². The molecule has 84 valence electrons. The second-order valence-corrected chi connectivity index (χ2v) is 4.01. The van der Waals surface area contributed by atoms with Gasteiger partial charge in [0.2, 0.25) is 0 Å². The monoisotopic (exact) mass is 258 g/mol. The summed E-state index contributed by atoms with van der Waals surface area (Å²) in [7, 11) is 0. The highest BCUT2D eigenvalue weighted by Crippen LogP contribution is 2.23. The van der Waals surface area contributed by atoms with Crippen LogP contribution in [-0.4, -0.2) is 22.3 Å². The predicted octanol–water partition coefficient (Wildman–Crippen LogP) is 2.06. The van der Waals surface area contributed by atoms with E-state index in [0.717, 1.165) is 0 Å². The minimum atomic E-state index is -1.06. The van der Waals surface area contributed by atoms with Gasteiger partial charge in [0.05, 0.1) is 10.0 Å². The van der Waals surface area contributed by atoms with E-state index in [0.29, 0.717) is 21.4 Å². The first-order valence-electron chi connectivity index (χ1n) is 4.45. The Balaban J connectivity index is 2.35. The highest BCUT2D eigenvalue weighted by atomic mass is 35.5. The Bertz CT molecular complexity index is 486. The zero-order chi connectivity index (χ0) is 11.7. The first kappa shape index (κ1) is 11.3.